The summed E-state index contributed by atoms with van der Waals surface area (Å²) in [6.45, 7) is 14.6. The quantitative estimate of drug-likeness (QED) is 0.426. The summed E-state index contributed by atoms with van der Waals surface area (Å²) in [6, 6.07) is 0. The highest BCUT2D eigenvalue weighted by Gasteiger charge is 2.60. The Balaban J connectivity index is 1.97. The Hall–Kier alpha value is -1.00. The van der Waals surface area contributed by atoms with Crippen LogP contribution in [0.15, 0.2) is 12.2 Å². The van der Waals surface area contributed by atoms with E-state index in [1.54, 1.807) is 0 Å². The molecule has 3 aliphatic rings. The van der Waals surface area contributed by atoms with Gasteiger partial charge in [0, 0.05) is 18.8 Å². The number of ether oxygens (including phenoxy) is 2. The molecule has 0 amide bonds. The zero-order valence-corrected chi connectivity index (χ0v) is 17.0. The standard InChI is InChI=1S/C22H34O4/c1-7-20(4)15(9-11-23)12-18-21(5,26-18)10-8-17-22(6,25-17)13-16(24)19(20)14(2)3/h11,15,17-19H,2,7-10,12-13H2,1,3-6H3/t15?,17?,18?,19?,20-,21?,22?/m0/s1. The molecule has 2 aliphatic heterocycles. The fourth-order valence-electron chi connectivity index (χ4n) is 5.43. The van der Waals surface area contributed by atoms with E-state index >= 15 is 0 Å². The summed E-state index contributed by atoms with van der Waals surface area (Å²) in [4.78, 5) is 24.8. The van der Waals surface area contributed by atoms with Crippen molar-refractivity contribution in [2.45, 2.75) is 96.6 Å². The summed E-state index contributed by atoms with van der Waals surface area (Å²) in [5.41, 5.74) is 0.147. The fourth-order valence-corrected chi connectivity index (χ4v) is 5.43. The van der Waals surface area contributed by atoms with Gasteiger partial charge >= 0.3 is 0 Å². The highest BCUT2D eigenvalue weighted by molar-refractivity contribution is 5.85. The second kappa shape index (κ2) is 6.56. The number of carbonyl (C=O) groups is 2. The molecule has 0 aromatic carbocycles. The molecule has 1 saturated carbocycles. The van der Waals surface area contributed by atoms with Crippen LogP contribution in [0.3, 0.4) is 0 Å². The normalized spacial score (nSPS) is 48.4. The third-order valence-corrected chi connectivity index (χ3v) is 7.55. The summed E-state index contributed by atoms with van der Waals surface area (Å²) < 4.78 is 12.0. The Morgan fingerprint density at radius 3 is 2.46 bits per heavy atom. The van der Waals surface area contributed by atoms with Gasteiger partial charge in [0.15, 0.2) is 0 Å². The molecule has 6 unspecified atom stereocenters. The minimum atomic E-state index is -0.348. The maximum atomic E-state index is 13.3. The molecule has 0 spiro atoms. The molecule has 0 bridgehead atoms. The highest BCUT2D eigenvalue weighted by atomic mass is 16.6. The monoisotopic (exact) mass is 362 g/mol. The first-order chi connectivity index (χ1) is 12.1. The fraction of sp³-hybridized carbons (Fsp3) is 0.818. The van der Waals surface area contributed by atoms with Gasteiger partial charge in [-0.1, -0.05) is 26.0 Å². The van der Waals surface area contributed by atoms with Crippen LogP contribution in [0.5, 0.6) is 0 Å². The van der Waals surface area contributed by atoms with Crippen LogP contribution >= 0.6 is 0 Å². The lowest BCUT2D eigenvalue weighted by molar-refractivity contribution is -0.129. The topological polar surface area (TPSA) is 59.2 Å². The van der Waals surface area contributed by atoms with E-state index < -0.39 is 0 Å². The molecule has 0 aromatic heterocycles. The van der Waals surface area contributed by atoms with Gasteiger partial charge in [-0.25, -0.2) is 0 Å². The Labute approximate surface area is 157 Å². The van der Waals surface area contributed by atoms with Crippen molar-refractivity contribution in [1.82, 2.24) is 0 Å². The van der Waals surface area contributed by atoms with E-state index in [0.717, 1.165) is 37.5 Å². The van der Waals surface area contributed by atoms with Crippen LogP contribution < -0.4 is 0 Å². The predicted octanol–water partition coefficient (Wildman–Crippen LogP) is 4.26. The molecule has 2 saturated heterocycles. The summed E-state index contributed by atoms with van der Waals surface area (Å²) in [6.07, 6.45) is 5.77. The van der Waals surface area contributed by atoms with Gasteiger partial charge in [-0.3, -0.25) is 4.79 Å². The van der Waals surface area contributed by atoms with Gasteiger partial charge < -0.3 is 14.3 Å². The van der Waals surface area contributed by atoms with E-state index in [9.17, 15) is 9.59 Å². The smallest absolute Gasteiger partial charge is 0.143 e. The minimum Gasteiger partial charge on any atom is -0.366 e. The van der Waals surface area contributed by atoms with Gasteiger partial charge in [-0.15, -0.1) is 0 Å². The maximum absolute atomic E-state index is 13.3. The molecule has 0 N–H and O–H groups in total. The zero-order chi connectivity index (χ0) is 19.3. The van der Waals surface area contributed by atoms with E-state index in [1.807, 2.05) is 6.92 Å². The van der Waals surface area contributed by atoms with Crippen molar-refractivity contribution < 1.29 is 19.1 Å². The summed E-state index contributed by atoms with van der Waals surface area (Å²) in [7, 11) is 0. The van der Waals surface area contributed by atoms with E-state index in [4.69, 9.17) is 9.47 Å². The lowest BCUT2D eigenvalue weighted by Gasteiger charge is -2.43. The van der Waals surface area contributed by atoms with E-state index in [2.05, 4.69) is 34.3 Å². The van der Waals surface area contributed by atoms with Crippen LogP contribution in [0, 0.1) is 17.3 Å². The lowest BCUT2D eigenvalue weighted by atomic mass is 9.59. The van der Waals surface area contributed by atoms with Crippen molar-refractivity contribution >= 4 is 12.1 Å². The average molecular weight is 363 g/mol. The van der Waals surface area contributed by atoms with Crippen molar-refractivity contribution in [1.29, 1.82) is 0 Å². The number of fused-ring (bicyclic) bond motifs is 2. The van der Waals surface area contributed by atoms with Gasteiger partial charge in [0.05, 0.1) is 23.4 Å². The molecular weight excluding hydrogens is 328 g/mol. The van der Waals surface area contributed by atoms with Crippen molar-refractivity contribution in [3.8, 4) is 0 Å². The third kappa shape index (κ3) is 3.31. The Morgan fingerprint density at radius 2 is 1.88 bits per heavy atom. The molecule has 26 heavy (non-hydrogen) atoms. The first-order valence-corrected chi connectivity index (χ1v) is 10.1. The van der Waals surface area contributed by atoms with Crippen LogP contribution in [0.4, 0.5) is 0 Å². The molecule has 146 valence electrons. The second-order valence-electron chi connectivity index (χ2n) is 9.49. The number of Topliss-reactive ketones (excluding diaryl/α,β-unsaturated/α-hetero) is 1. The highest BCUT2D eigenvalue weighted by Crippen LogP contribution is 2.55. The number of ketones is 1. The van der Waals surface area contributed by atoms with Crippen molar-refractivity contribution in [3.05, 3.63) is 12.2 Å². The number of hydrogen-bond donors (Lipinski definition) is 0. The largest absolute Gasteiger partial charge is 0.366 e. The molecule has 2 heterocycles. The molecule has 4 heteroatoms. The van der Waals surface area contributed by atoms with Crippen LogP contribution in [-0.4, -0.2) is 35.5 Å². The van der Waals surface area contributed by atoms with Crippen LogP contribution in [-0.2, 0) is 19.1 Å². The number of aldehydes is 1. The van der Waals surface area contributed by atoms with Crippen LogP contribution in [0.1, 0.15) is 73.1 Å². The molecule has 7 atom stereocenters. The first kappa shape index (κ1) is 19.8. The molecule has 0 aromatic rings. The Morgan fingerprint density at radius 1 is 1.23 bits per heavy atom. The van der Waals surface area contributed by atoms with Gasteiger partial charge in [0.2, 0.25) is 0 Å². The van der Waals surface area contributed by atoms with Gasteiger partial charge in [0.25, 0.3) is 0 Å². The molecule has 0 radical (unpaired) electrons. The Kier molecular flexibility index (Phi) is 4.98. The second-order valence-corrected chi connectivity index (χ2v) is 9.49. The number of epoxide rings is 2. The number of allylic oxidation sites excluding steroid dienone is 1. The van der Waals surface area contributed by atoms with Crippen molar-refractivity contribution in [2.24, 2.45) is 17.3 Å². The van der Waals surface area contributed by atoms with Crippen LogP contribution in [0.2, 0.25) is 0 Å². The Bertz CT molecular complexity index is 613. The van der Waals surface area contributed by atoms with E-state index in [1.165, 1.54) is 0 Å². The van der Waals surface area contributed by atoms with E-state index in [-0.39, 0.29) is 46.4 Å². The minimum absolute atomic E-state index is 0.107. The predicted molar refractivity (Wildman–Crippen MR) is 101 cm³/mol. The summed E-state index contributed by atoms with van der Waals surface area (Å²) in [5, 5.41) is 0. The molecule has 1 aliphatic carbocycles. The molecule has 4 nitrogen and oxygen atoms in total. The maximum Gasteiger partial charge on any atom is 0.143 e. The molecular formula is C22H34O4. The SMILES string of the molecule is C=C(C)C1C(=O)CC2(C)OC2CCC2(C)OC2CC(CC=O)[C@]1(C)CC. The zero-order valence-electron chi connectivity index (χ0n) is 17.0. The van der Waals surface area contributed by atoms with Gasteiger partial charge in [-0.2, -0.15) is 0 Å². The van der Waals surface area contributed by atoms with Crippen LogP contribution in [0.25, 0.3) is 0 Å². The number of carbonyl (C=O) groups excluding carboxylic acids is 2. The summed E-state index contributed by atoms with van der Waals surface area (Å²) >= 11 is 0. The first-order valence-electron chi connectivity index (χ1n) is 10.1. The molecule has 3 rings (SSSR count). The van der Waals surface area contributed by atoms with Crippen molar-refractivity contribution in [2.75, 3.05) is 0 Å². The van der Waals surface area contributed by atoms with Gasteiger partial charge in [-0.05, 0) is 57.8 Å². The average Bonchev–Trinajstić information content (AvgIpc) is 3.39. The molecule has 3 fully saturated rings. The number of hydrogen-bond acceptors (Lipinski definition) is 4. The number of rotatable bonds is 4. The van der Waals surface area contributed by atoms with Gasteiger partial charge in [0.1, 0.15) is 12.1 Å². The third-order valence-electron chi connectivity index (χ3n) is 7.55. The van der Waals surface area contributed by atoms with Crippen molar-refractivity contribution in [3.63, 3.8) is 0 Å². The van der Waals surface area contributed by atoms with E-state index in [0.29, 0.717) is 12.8 Å². The summed E-state index contributed by atoms with van der Waals surface area (Å²) in [5.74, 6) is 0.0805. The lowest BCUT2D eigenvalue weighted by Crippen LogP contribution is -2.42.